The summed E-state index contributed by atoms with van der Waals surface area (Å²) < 4.78 is 5.56. The van der Waals surface area contributed by atoms with Gasteiger partial charge in [-0.15, -0.1) is 0 Å². The summed E-state index contributed by atoms with van der Waals surface area (Å²) in [6.45, 7) is 3.15. The Balaban J connectivity index is 2.15. The van der Waals surface area contributed by atoms with E-state index < -0.39 is 0 Å². The molecule has 0 amide bonds. The molecule has 0 saturated carbocycles. The van der Waals surface area contributed by atoms with Crippen molar-refractivity contribution in [3.8, 4) is 5.75 Å². The third-order valence-corrected chi connectivity index (χ3v) is 3.41. The summed E-state index contributed by atoms with van der Waals surface area (Å²) >= 11 is 12.3. The standard InChI is InChI=1S/C15H15Cl2NO/c1-2-19-15-9-4-3-8-14(15)18-10-11-12(16)6-5-7-13(11)17/h3-9,18H,2,10H2,1H3. The second-order valence-electron chi connectivity index (χ2n) is 3.98. The van der Waals surface area contributed by atoms with Gasteiger partial charge in [0.25, 0.3) is 0 Å². The molecule has 2 aromatic rings. The zero-order valence-electron chi connectivity index (χ0n) is 10.6. The molecule has 19 heavy (non-hydrogen) atoms. The first-order valence-corrected chi connectivity index (χ1v) is 6.86. The number of para-hydroxylation sites is 2. The Labute approximate surface area is 123 Å². The maximum absolute atomic E-state index is 6.14. The molecular weight excluding hydrogens is 281 g/mol. The van der Waals surface area contributed by atoms with Crippen LogP contribution in [0.1, 0.15) is 12.5 Å². The molecule has 0 aliphatic carbocycles. The predicted octanol–water partition coefficient (Wildman–Crippen LogP) is 5.00. The number of nitrogens with one attached hydrogen (secondary N) is 1. The minimum atomic E-state index is 0.558. The van der Waals surface area contributed by atoms with Crippen LogP contribution >= 0.6 is 23.2 Å². The normalized spacial score (nSPS) is 10.3. The molecule has 2 nitrogen and oxygen atoms in total. The van der Waals surface area contributed by atoms with Crippen molar-refractivity contribution in [1.82, 2.24) is 0 Å². The summed E-state index contributed by atoms with van der Waals surface area (Å²) in [5, 5.41) is 4.62. The van der Waals surface area contributed by atoms with Crippen LogP contribution in [0.25, 0.3) is 0 Å². The van der Waals surface area contributed by atoms with Crippen LogP contribution in [0, 0.1) is 0 Å². The smallest absolute Gasteiger partial charge is 0.142 e. The van der Waals surface area contributed by atoms with E-state index in [2.05, 4.69) is 5.32 Å². The Kier molecular flexibility index (Phi) is 4.94. The molecule has 1 N–H and O–H groups in total. The lowest BCUT2D eigenvalue weighted by Gasteiger charge is -2.13. The molecule has 4 heteroatoms. The molecule has 100 valence electrons. The van der Waals surface area contributed by atoms with Crippen LogP contribution < -0.4 is 10.1 Å². The molecule has 0 heterocycles. The van der Waals surface area contributed by atoms with Crippen LogP contribution in [0.2, 0.25) is 10.0 Å². The second kappa shape index (κ2) is 6.69. The summed E-state index contributed by atoms with van der Waals surface area (Å²) in [7, 11) is 0. The highest BCUT2D eigenvalue weighted by atomic mass is 35.5. The molecule has 0 bridgehead atoms. The van der Waals surface area contributed by atoms with E-state index in [4.69, 9.17) is 27.9 Å². The van der Waals surface area contributed by atoms with E-state index in [9.17, 15) is 0 Å². The minimum absolute atomic E-state index is 0.558. The van der Waals surface area contributed by atoms with Gasteiger partial charge in [-0.3, -0.25) is 0 Å². The van der Waals surface area contributed by atoms with E-state index in [1.54, 1.807) is 0 Å². The lowest BCUT2D eigenvalue weighted by molar-refractivity contribution is 0.341. The zero-order chi connectivity index (χ0) is 13.7. The molecule has 0 saturated heterocycles. The number of rotatable bonds is 5. The summed E-state index contributed by atoms with van der Waals surface area (Å²) in [5.41, 5.74) is 1.82. The van der Waals surface area contributed by atoms with E-state index in [0.717, 1.165) is 17.0 Å². The van der Waals surface area contributed by atoms with Crippen molar-refractivity contribution in [2.24, 2.45) is 0 Å². The van der Waals surface area contributed by atoms with Crippen molar-refractivity contribution in [3.05, 3.63) is 58.1 Å². The average Bonchev–Trinajstić information content (AvgIpc) is 2.40. The monoisotopic (exact) mass is 295 g/mol. The Hall–Kier alpha value is -1.38. The summed E-state index contributed by atoms with van der Waals surface area (Å²) in [4.78, 5) is 0. The van der Waals surface area contributed by atoms with Crippen molar-refractivity contribution in [1.29, 1.82) is 0 Å². The van der Waals surface area contributed by atoms with Gasteiger partial charge in [0.1, 0.15) is 5.75 Å². The van der Waals surface area contributed by atoms with Crippen molar-refractivity contribution < 1.29 is 4.74 Å². The van der Waals surface area contributed by atoms with Gasteiger partial charge in [-0.25, -0.2) is 0 Å². The molecule has 2 rings (SSSR count). The number of hydrogen-bond acceptors (Lipinski definition) is 2. The lowest BCUT2D eigenvalue weighted by atomic mass is 10.2. The topological polar surface area (TPSA) is 21.3 Å². The van der Waals surface area contributed by atoms with E-state index in [1.165, 1.54) is 0 Å². The van der Waals surface area contributed by atoms with Crippen LogP contribution in [0.3, 0.4) is 0 Å². The fourth-order valence-corrected chi connectivity index (χ4v) is 2.31. The van der Waals surface area contributed by atoms with Crippen LogP contribution in [0.5, 0.6) is 5.75 Å². The van der Waals surface area contributed by atoms with Crippen molar-refractivity contribution in [2.45, 2.75) is 13.5 Å². The van der Waals surface area contributed by atoms with Gasteiger partial charge < -0.3 is 10.1 Å². The van der Waals surface area contributed by atoms with Crippen LogP contribution in [-0.4, -0.2) is 6.61 Å². The number of ether oxygens (including phenoxy) is 1. The molecule has 0 atom stereocenters. The number of benzene rings is 2. The van der Waals surface area contributed by atoms with Crippen molar-refractivity contribution >= 4 is 28.9 Å². The maximum Gasteiger partial charge on any atom is 0.142 e. The molecule has 0 aromatic heterocycles. The Morgan fingerprint density at radius 3 is 2.37 bits per heavy atom. The average molecular weight is 296 g/mol. The zero-order valence-corrected chi connectivity index (χ0v) is 12.1. The molecule has 0 spiro atoms. The second-order valence-corrected chi connectivity index (χ2v) is 4.80. The molecular formula is C15H15Cl2NO. The molecule has 2 aromatic carbocycles. The van der Waals surface area contributed by atoms with Gasteiger partial charge in [-0.2, -0.15) is 0 Å². The van der Waals surface area contributed by atoms with Gasteiger partial charge in [0.05, 0.1) is 12.3 Å². The Morgan fingerprint density at radius 2 is 1.68 bits per heavy atom. The predicted molar refractivity (Wildman–Crippen MR) is 81.4 cm³/mol. The van der Waals surface area contributed by atoms with Gasteiger partial charge >= 0.3 is 0 Å². The highest BCUT2D eigenvalue weighted by Crippen LogP contribution is 2.28. The molecule has 0 fully saturated rings. The number of halogens is 2. The first kappa shape index (κ1) is 14.0. The number of hydrogen-bond donors (Lipinski definition) is 1. The van der Waals surface area contributed by atoms with E-state index in [-0.39, 0.29) is 0 Å². The number of anilines is 1. The minimum Gasteiger partial charge on any atom is -0.492 e. The van der Waals surface area contributed by atoms with Crippen molar-refractivity contribution in [3.63, 3.8) is 0 Å². The molecule has 0 unspecified atom stereocenters. The fourth-order valence-electron chi connectivity index (χ4n) is 1.78. The highest BCUT2D eigenvalue weighted by molar-refractivity contribution is 6.36. The third-order valence-electron chi connectivity index (χ3n) is 2.70. The van der Waals surface area contributed by atoms with Crippen LogP contribution in [0.4, 0.5) is 5.69 Å². The van der Waals surface area contributed by atoms with E-state index >= 15 is 0 Å². The third kappa shape index (κ3) is 3.55. The van der Waals surface area contributed by atoms with Gasteiger partial charge in [0, 0.05) is 22.2 Å². The summed E-state index contributed by atoms with van der Waals surface area (Å²) in [6, 6.07) is 13.3. The SMILES string of the molecule is CCOc1ccccc1NCc1c(Cl)cccc1Cl. The van der Waals surface area contributed by atoms with Crippen LogP contribution in [-0.2, 0) is 6.54 Å². The lowest BCUT2D eigenvalue weighted by Crippen LogP contribution is -2.03. The highest BCUT2D eigenvalue weighted by Gasteiger charge is 2.07. The molecule has 0 radical (unpaired) electrons. The maximum atomic E-state index is 6.14. The molecule has 0 aliphatic rings. The van der Waals surface area contributed by atoms with Crippen molar-refractivity contribution in [2.75, 3.05) is 11.9 Å². The molecule has 0 aliphatic heterocycles. The fraction of sp³-hybridized carbons (Fsp3) is 0.200. The first-order chi connectivity index (χ1) is 9.22. The Morgan fingerprint density at radius 1 is 1.00 bits per heavy atom. The van der Waals surface area contributed by atoms with Gasteiger partial charge in [0.2, 0.25) is 0 Å². The summed E-state index contributed by atoms with van der Waals surface area (Å²) in [5.74, 6) is 0.827. The van der Waals surface area contributed by atoms with E-state index in [0.29, 0.717) is 23.2 Å². The van der Waals surface area contributed by atoms with Gasteiger partial charge in [-0.1, -0.05) is 41.4 Å². The van der Waals surface area contributed by atoms with Crippen LogP contribution in [0.15, 0.2) is 42.5 Å². The summed E-state index contributed by atoms with van der Waals surface area (Å²) in [6.07, 6.45) is 0. The Bertz CT molecular complexity index is 537. The van der Waals surface area contributed by atoms with Gasteiger partial charge in [-0.05, 0) is 31.2 Å². The quantitative estimate of drug-likeness (QED) is 0.838. The van der Waals surface area contributed by atoms with E-state index in [1.807, 2.05) is 49.4 Å². The largest absolute Gasteiger partial charge is 0.492 e. The first-order valence-electron chi connectivity index (χ1n) is 6.11. The van der Waals surface area contributed by atoms with Gasteiger partial charge in [0.15, 0.2) is 0 Å².